The average molecular weight is 200 g/mol. The van der Waals surface area contributed by atoms with Gasteiger partial charge >= 0.3 is 0 Å². The smallest absolute Gasteiger partial charge is 0.0775 e. The maximum atomic E-state index is 3.57. The molecule has 0 heterocycles. The molecule has 0 aliphatic heterocycles. The fraction of sp³-hybridized carbons (Fsp3) is 0.231. The van der Waals surface area contributed by atoms with Crippen molar-refractivity contribution < 1.29 is 0 Å². The van der Waals surface area contributed by atoms with Gasteiger partial charge in [-0.25, -0.2) is 0 Å². The molecule has 0 saturated heterocycles. The normalized spacial score (nSPS) is 10.2. The Hall–Kier alpha value is -1.26. The number of rotatable bonds is 1. The van der Waals surface area contributed by atoms with Crippen molar-refractivity contribution in [3.63, 3.8) is 0 Å². The molecule has 1 aromatic carbocycles. The zero-order chi connectivity index (χ0) is 10.6. The second-order valence-corrected chi connectivity index (χ2v) is 9.38. The van der Waals surface area contributed by atoms with E-state index in [-0.39, 0.29) is 0 Å². The van der Waals surface area contributed by atoms with Crippen LogP contribution in [0.2, 0.25) is 19.6 Å². The maximum Gasteiger partial charge on any atom is 0.0775 e. The molecule has 1 aromatic rings. The number of allylic oxidation sites excluding steroid dienone is 1. The van der Waals surface area contributed by atoms with E-state index in [0.717, 1.165) is 5.56 Å². The van der Waals surface area contributed by atoms with Crippen LogP contribution in [-0.2, 0) is 0 Å². The quantitative estimate of drug-likeness (QED) is 0.483. The number of hydrogen-bond acceptors (Lipinski definition) is 0. The summed E-state index contributed by atoms with van der Waals surface area (Å²) in [5.74, 6) is 5.87. The molecule has 0 bridgehead atoms. The molecule has 0 aliphatic carbocycles. The zero-order valence-electron chi connectivity index (χ0n) is 9.09. The molecule has 0 aromatic heterocycles. The lowest BCUT2D eigenvalue weighted by molar-refractivity contribution is 1.64. The second kappa shape index (κ2) is 4.30. The zero-order valence-corrected chi connectivity index (χ0v) is 10.1. The Morgan fingerprint density at radius 1 is 1.14 bits per heavy atom. The Morgan fingerprint density at radius 2 is 1.71 bits per heavy atom. The van der Waals surface area contributed by atoms with Crippen molar-refractivity contribution in [3.05, 3.63) is 42.5 Å². The van der Waals surface area contributed by atoms with Gasteiger partial charge < -0.3 is 0 Å². The summed E-state index contributed by atoms with van der Waals surface area (Å²) < 4.78 is 0. The molecule has 1 rings (SSSR count). The summed E-state index contributed by atoms with van der Waals surface area (Å²) in [6.07, 6.45) is 1.62. The van der Waals surface area contributed by atoms with Crippen LogP contribution in [-0.4, -0.2) is 8.07 Å². The molecule has 72 valence electrons. The van der Waals surface area contributed by atoms with Gasteiger partial charge in [0.25, 0.3) is 0 Å². The molecule has 0 N–H and O–H groups in total. The highest BCUT2D eigenvalue weighted by molar-refractivity contribution is 6.88. The summed E-state index contributed by atoms with van der Waals surface area (Å²) in [6, 6.07) is 8.56. The van der Waals surface area contributed by atoms with Crippen molar-refractivity contribution in [1.29, 1.82) is 0 Å². The van der Waals surface area contributed by atoms with E-state index < -0.39 is 8.07 Å². The molecule has 0 saturated carbocycles. The first-order valence-electron chi connectivity index (χ1n) is 4.77. The largest absolute Gasteiger partial charge is 0.0906 e. The van der Waals surface area contributed by atoms with Crippen LogP contribution in [0.4, 0.5) is 0 Å². The molecule has 0 aliphatic rings. The van der Waals surface area contributed by atoms with E-state index in [9.17, 15) is 0 Å². The predicted molar refractivity (Wildman–Crippen MR) is 66.5 cm³/mol. The Bertz CT molecular complexity index is 368. The van der Waals surface area contributed by atoms with Crippen LogP contribution < -0.4 is 5.19 Å². The molecular weight excluding hydrogens is 184 g/mol. The van der Waals surface area contributed by atoms with Gasteiger partial charge in [-0.1, -0.05) is 55.4 Å². The molecule has 0 radical (unpaired) electrons. The first-order chi connectivity index (χ1) is 6.54. The Balaban J connectivity index is 2.95. The van der Waals surface area contributed by atoms with Crippen molar-refractivity contribution >= 4 is 13.3 Å². The predicted octanol–water partition coefficient (Wildman–Crippen LogP) is 2.77. The van der Waals surface area contributed by atoms with Crippen molar-refractivity contribution in [2.45, 2.75) is 19.6 Å². The van der Waals surface area contributed by atoms with Gasteiger partial charge in [-0.2, -0.15) is 0 Å². The van der Waals surface area contributed by atoms with Crippen LogP contribution >= 0.6 is 0 Å². The summed E-state index contributed by atoms with van der Waals surface area (Å²) >= 11 is 0. The fourth-order valence-corrected chi connectivity index (χ4v) is 2.35. The SMILES string of the molecule is C=CC#Cc1ccc([Si](C)(C)C)cc1. The van der Waals surface area contributed by atoms with Crippen LogP contribution in [0.3, 0.4) is 0 Å². The third-order valence-electron chi connectivity index (χ3n) is 2.07. The first kappa shape index (κ1) is 10.8. The molecule has 0 amide bonds. The first-order valence-corrected chi connectivity index (χ1v) is 8.27. The van der Waals surface area contributed by atoms with Gasteiger partial charge in [-0.15, -0.1) is 0 Å². The monoisotopic (exact) mass is 200 g/mol. The van der Waals surface area contributed by atoms with E-state index in [4.69, 9.17) is 0 Å². The maximum absolute atomic E-state index is 3.57. The molecule has 0 atom stereocenters. The molecule has 0 fully saturated rings. The van der Waals surface area contributed by atoms with Crippen molar-refractivity contribution in [2.24, 2.45) is 0 Å². The molecule has 14 heavy (non-hydrogen) atoms. The third-order valence-corrected chi connectivity index (χ3v) is 4.13. The molecule has 1 heteroatoms. The van der Waals surface area contributed by atoms with E-state index in [1.807, 2.05) is 0 Å². The van der Waals surface area contributed by atoms with E-state index in [0.29, 0.717) is 0 Å². The average Bonchev–Trinajstić information content (AvgIpc) is 2.14. The fourth-order valence-electron chi connectivity index (χ4n) is 1.19. The lowest BCUT2D eigenvalue weighted by atomic mass is 10.2. The molecule has 0 unspecified atom stereocenters. The number of hydrogen-bond donors (Lipinski definition) is 0. The summed E-state index contributed by atoms with van der Waals surface area (Å²) in [4.78, 5) is 0. The lowest BCUT2D eigenvalue weighted by Crippen LogP contribution is -2.37. The minimum Gasteiger partial charge on any atom is -0.0906 e. The highest BCUT2D eigenvalue weighted by atomic mass is 28.3. The Labute approximate surface area is 87.7 Å². The Morgan fingerprint density at radius 3 is 2.14 bits per heavy atom. The minimum atomic E-state index is -1.16. The van der Waals surface area contributed by atoms with Crippen LogP contribution in [0.5, 0.6) is 0 Å². The van der Waals surface area contributed by atoms with Crippen molar-refractivity contribution in [3.8, 4) is 11.8 Å². The van der Waals surface area contributed by atoms with Gasteiger partial charge in [0, 0.05) is 5.56 Å². The third kappa shape index (κ3) is 2.90. The minimum absolute atomic E-state index is 1.06. The van der Waals surface area contributed by atoms with E-state index in [1.54, 1.807) is 6.08 Å². The molecule has 0 spiro atoms. The topological polar surface area (TPSA) is 0 Å². The highest BCUT2D eigenvalue weighted by Crippen LogP contribution is 2.03. The highest BCUT2D eigenvalue weighted by Gasteiger charge is 2.15. The summed E-state index contributed by atoms with van der Waals surface area (Å²) in [7, 11) is -1.16. The van der Waals surface area contributed by atoms with E-state index in [1.165, 1.54) is 5.19 Å². The molecular formula is C13H16Si. The summed E-state index contributed by atoms with van der Waals surface area (Å²) in [5, 5.41) is 1.47. The molecule has 0 nitrogen and oxygen atoms in total. The summed E-state index contributed by atoms with van der Waals surface area (Å²) in [6.45, 7) is 10.6. The number of benzene rings is 1. The van der Waals surface area contributed by atoms with Gasteiger partial charge in [0.05, 0.1) is 8.07 Å². The van der Waals surface area contributed by atoms with Gasteiger partial charge in [-0.05, 0) is 18.2 Å². The summed E-state index contributed by atoms with van der Waals surface area (Å²) in [5.41, 5.74) is 1.06. The lowest BCUT2D eigenvalue weighted by Gasteiger charge is -2.15. The van der Waals surface area contributed by atoms with Crippen LogP contribution in [0.25, 0.3) is 0 Å². The standard InChI is InChI=1S/C13H16Si/c1-5-6-7-12-8-10-13(11-9-12)14(2,3)4/h5,8-11H,1H2,2-4H3. The van der Waals surface area contributed by atoms with Gasteiger partial charge in [-0.3, -0.25) is 0 Å². The van der Waals surface area contributed by atoms with Gasteiger partial charge in [0.2, 0.25) is 0 Å². The van der Waals surface area contributed by atoms with Gasteiger partial charge in [0.1, 0.15) is 0 Å². The van der Waals surface area contributed by atoms with E-state index in [2.05, 4.69) is 62.3 Å². The van der Waals surface area contributed by atoms with Crippen molar-refractivity contribution in [2.75, 3.05) is 0 Å². The van der Waals surface area contributed by atoms with Crippen LogP contribution in [0.15, 0.2) is 36.9 Å². The second-order valence-electron chi connectivity index (χ2n) is 4.30. The van der Waals surface area contributed by atoms with Crippen LogP contribution in [0, 0.1) is 11.8 Å². The van der Waals surface area contributed by atoms with Gasteiger partial charge in [0.15, 0.2) is 0 Å². The van der Waals surface area contributed by atoms with E-state index >= 15 is 0 Å². The Kier molecular flexibility index (Phi) is 3.32. The van der Waals surface area contributed by atoms with Crippen LogP contribution in [0.1, 0.15) is 5.56 Å². The van der Waals surface area contributed by atoms with Crippen molar-refractivity contribution in [1.82, 2.24) is 0 Å².